The third-order valence-corrected chi connectivity index (χ3v) is 7.05. The topological polar surface area (TPSA) is 54.8 Å². The van der Waals surface area contributed by atoms with Crippen molar-refractivity contribution in [2.24, 2.45) is 0 Å². The van der Waals surface area contributed by atoms with Crippen LogP contribution in [-0.4, -0.2) is 57.6 Å². The van der Waals surface area contributed by atoms with Gasteiger partial charge in [0.15, 0.2) is 0 Å². The minimum absolute atomic E-state index is 0.264. The molecule has 0 N–H and O–H groups in total. The second kappa shape index (κ2) is 7.14. The average molecular weight is 400 g/mol. The fourth-order valence-electron chi connectivity index (χ4n) is 3.68. The lowest BCUT2D eigenvalue weighted by Gasteiger charge is -2.34. The highest BCUT2D eigenvalue weighted by Crippen LogP contribution is 2.33. The minimum Gasteiger partial charge on any atom is -0.495 e. The largest absolute Gasteiger partial charge is 0.495 e. The summed E-state index contributed by atoms with van der Waals surface area (Å²) in [4.78, 5) is 4.72. The average Bonchev–Trinajstić information content (AvgIpc) is 3.12. The van der Waals surface area contributed by atoms with Crippen LogP contribution in [0.1, 0.15) is 5.56 Å². The summed E-state index contributed by atoms with van der Waals surface area (Å²) in [6, 6.07) is 12.7. The van der Waals surface area contributed by atoms with Crippen LogP contribution in [0.25, 0.3) is 10.9 Å². The van der Waals surface area contributed by atoms with E-state index in [-0.39, 0.29) is 4.90 Å². The van der Waals surface area contributed by atoms with Gasteiger partial charge in [-0.2, -0.15) is 0 Å². The Labute approximate surface area is 166 Å². The summed E-state index contributed by atoms with van der Waals surface area (Å²) < 4.78 is 33.6. The highest BCUT2D eigenvalue weighted by molar-refractivity contribution is 7.90. The lowest BCUT2D eigenvalue weighted by atomic mass is 10.2. The SMILES string of the molecule is COc1ccc(S(=O)(=O)n2ccc3cc(C)ccc32)cc1N1CCN(C)CC1. The van der Waals surface area contributed by atoms with Crippen molar-refractivity contribution < 1.29 is 13.2 Å². The number of fused-ring (bicyclic) bond motifs is 1. The van der Waals surface area contributed by atoms with E-state index in [1.165, 1.54) is 3.97 Å². The molecular weight excluding hydrogens is 374 g/mol. The molecule has 2 aromatic carbocycles. The van der Waals surface area contributed by atoms with Crippen LogP contribution in [0.15, 0.2) is 53.6 Å². The molecular formula is C21H25N3O3S. The predicted octanol–water partition coefficient (Wildman–Crippen LogP) is 2.95. The van der Waals surface area contributed by atoms with E-state index >= 15 is 0 Å². The van der Waals surface area contributed by atoms with E-state index in [9.17, 15) is 8.42 Å². The number of ether oxygens (including phenoxy) is 1. The van der Waals surface area contributed by atoms with Gasteiger partial charge in [-0.25, -0.2) is 12.4 Å². The van der Waals surface area contributed by atoms with Gasteiger partial charge < -0.3 is 14.5 Å². The molecule has 4 rings (SSSR count). The van der Waals surface area contributed by atoms with Crippen LogP contribution in [0, 0.1) is 6.92 Å². The van der Waals surface area contributed by atoms with Crippen LogP contribution in [0.3, 0.4) is 0 Å². The van der Waals surface area contributed by atoms with E-state index < -0.39 is 10.0 Å². The summed E-state index contributed by atoms with van der Waals surface area (Å²) in [5.41, 5.74) is 2.61. The van der Waals surface area contributed by atoms with Gasteiger partial charge in [0.2, 0.25) is 0 Å². The zero-order valence-corrected chi connectivity index (χ0v) is 17.2. The molecule has 7 heteroatoms. The Hall–Kier alpha value is -2.51. The van der Waals surface area contributed by atoms with Gasteiger partial charge in [-0.15, -0.1) is 0 Å². The number of benzene rings is 2. The number of piperazine rings is 1. The molecule has 0 unspecified atom stereocenters. The van der Waals surface area contributed by atoms with Gasteiger partial charge in [0.05, 0.1) is 23.2 Å². The molecule has 1 fully saturated rings. The first kappa shape index (κ1) is 18.8. The normalized spacial score (nSPS) is 15.9. The Morgan fingerprint density at radius 3 is 2.43 bits per heavy atom. The van der Waals surface area contributed by atoms with Gasteiger partial charge >= 0.3 is 0 Å². The second-order valence-electron chi connectivity index (χ2n) is 7.30. The minimum atomic E-state index is -3.71. The number of rotatable bonds is 4. The molecule has 0 amide bonds. The van der Waals surface area contributed by atoms with Crippen LogP contribution in [-0.2, 0) is 10.0 Å². The maximum atomic E-state index is 13.4. The number of nitrogens with zero attached hydrogens (tertiary/aromatic N) is 3. The fraction of sp³-hybridized carbons (Fsp3) is 0.333. The summed E-state index contributed by atoms with van der Waals surface area (Å²) in [7, 11) is -0.000455. The summed E-state index contributed by atoms with van der Waals surface area (Å²) in [6.45, 7) is 5.53. The van der Waals surface area contributed by atoms with Crippen molar-refractivity contribution in [3.8, 4) is 5.75 Å². The Morgan fingerprint density at radius 1 is 0.964 bits per heavy atom. The molecule has 1 aliphatic rings. The highest BCUT2D eigenvalue weighted by Gasteiger charge is 2.24. The molecule has 0 spiro atoms. The molecule has 0 radical (unpaired) electrons. The van der Waals surface area contributed by atoms with Crippen molar-refractivity contribution in [2.45, 2.75) is 11.8 Å². The zero-order chi connectivity index (χ0) is 19.9. The van der Waals surface area contributed by atoms with E-state index in [4.69, 9.17) is 4.74 Å². The molecule has 1 saturated heterocycles. The Kier molecular flexibility index (Phi) is 4.81. The van der Waals surface area contributed by atoms with Gasteiger partial charge in [-0.05, 0) is 50.4 Å². The van der Waals surface area contributed by atoms with Crippen LogP contribution in [0.4, 0.5) is 5.69 Å². The van der Waals surface area contributed by atoms with Gasteiger partial charge in [-0.1, -0.05) is 11.6 Å². The second-order valence-corrected chi connectivity index (χ2v) is 9.12. The standard InChI is InChI=1S/C21H25N3O3S/c1-16-4-6-19-17(14-16)8-9-24(19)28(25,26)18-5-7-21(27-3)20(15-18)23-12-10-22(2)11-13-23/h4-9,14-15H,10-13H2,1-3H3. The maximum absolute atomic E-state index is 13.4. The highest BCUT2D eigenvalue weighted by atomic mass is 32.2. The quantitative estimate of drug-likeness (QED) is 0.675. The Bertz CT molecular complexity index is 1110. The van der Waals surface area contributed by atoms with E-state index in [0.29, 0.717) is 11.3 Å². The van der Waals surface area contributed by atoms with Crippen LogP contribution in [0.5, 0.6) is 5.75 Å². The van der Waals surface area contributed by atoms with E-state index in [2.05, 4.69) is 16.8 Å². The molecule has 0 bridgehead atoms. The number of aromatic nitrogens is 1. The monoisotopic (exact) mass is 399 g/mol. The van der Waals surface area contributed by atoms with Crippen LogP contribution < -0.4 is 9.64 Å². The molecule has 6 nitrogen and oxygen atoms in total. The summed E-state index contributed by atoms with van der Waals surface area (Å²) >= 11 is 0. The molecule has 0 saturated carbocycles. The molecule has 3 aromatic rings. The predicted molar refractivity (Wildman–Crippen MR) is 112 cm³/mol. The number of aryl methyl sites for hydroxylation is 1. The number of methoxy groups -OCH3 is 1. The van der Waals surface area contributed by atoms with Crippen molar-refractivity contribution in [1.82, 2.24) is 8.87 Å². The molecule has 1 aromatic heterocycles. The molecule has 0 atom stereocenters. The van der Waals surface area contributed by atoms with E-state index in [0.717, 1.165) is 42.8 Å². The van der Waals surface area contributed by atoms with Gasteiger partial charge in [-0.3, -0.25) is 0 Å². The Balaban J connectivity index is 1.78. The van der Waals surface area contributed by atoms with E-state index in [1.54, 1.807) is 31.5 Å². The lowest BCUT2D eigenvalue weighted by molar-refractivity contribution is 0.311. The molecule has 2 heterocycles. The van der Waals surface area contributed by atoms with Crippen LogP contribution >= 0.6 is 0 Å². The maximum Gasteiger partial charge on any atom is 0.268 e. The van der Waals surface area contributed by atoms with E-state index in [1.807, 2.05) is 31.2 Å². The zero-order valence-electron chi connectivity index (χ0n) is 16.4. The summed E-state index contributed by atoms with van der Waals surface area (Å²) in [5.74, 6) is 0.691. The van der Waals surface area contributed by atoms with Crippen LogP contribution in [0.2, 0.25) is 0 Å². The van der Waals surface area contributed by atoms with Crippen molar-refractivity contribution in [3.63, 3.8) is 0 Å². The number of likely N-dealkylation sites (N-methyl/N-ethyl adjacent to an activating group) is 1. The number of hydrogen-bond acceptors (Lipinski definition) is 5. The Morgan fingerprint density at radius 2 is 1.71 bits per heavy atom. The van der Waals surface area contributed by atoms with Gasteiger partial charge in [0.1, 0.15) is 5.75 Å². The lowest BCUT2D eigenvalue weighted by Crippen LogP contribution is -2.44. The molecule has 0 aliphatic carbocycles. The first-order chi connectivity index (χ1) is 13.4. The first-order valence-corrected chi connectivity index (χ1v) is 10.8. The molecule has 28 heavy (non-hydrogen) atoms. The van der Waals surface area contributed by atoms with Crippen molar-refractivity contribution in [1.29, 1.82) is 0 Å². The summed E-state index contributed by atoms with van der Waals surface area (Å²) in [6.07, 6.45) is 1.62. The first-order valence-electron chi connectivity index (χ1n) is 9.35. The third-order valence-electron chi connectivity index (χ3n) is 5.36. The number of hydrogen-bond donors (Lipinski definition) is 0. The smallest absolute Gasteiger partial charge is 0.268 e. The van der Waals surface area contributed by atoms with Gasteiger partial charge in [0.25, 0.3) is 10.0 Å². The fourth-order valence-corrected chi connectivity index (χ4v) is 5.06. The van der Waals surface area contributed by atoms with Gasteiger partial charge in [0, 0.05) is 37.8 Å². The number of anilines is 1. The van der Waals surface area contributed by atoms with Crippen molar-refractivity contribution in [3.05, 3.63) is 54.2 Å². The molecule has 1 aliphatic heterocycles. The third kappa shape index (κ3) is 3.25. The molecule has 148 valence electrons. The van der Waals surface area contributed by atoms with Crippen molar-refractivity contribution in [2.75, 3.05) is 45.2 Å². The summed E-state index contributed by atoms with van der Waals surface area (Å²) in [5, 5.41) is 0.913. The van der Waals surface area contributed by atoms with Crippen molar-refractivity contribution >= 4 is 26.6 Å².